The number of H-pyrrole nitrogens is 3. The first kappa shape index (κ1) is 15.6. The molecule has 5 heteroatoms. The Morgan fingerprint density at radius 2 is 1.15 bits per heavy atom. The van der Waals surface area contributed by atoms with Crippen LogP contribution in [0, 0.1) is 11.8 Å². The van der Waals surface area contributed by atoms with E-state index in [0.29, 0.717) is 0 Å². The van der Waals surface area contributed by atoms with E-state index in [1.54, 1.807) is 0 Å². The van der Waals surface area contributed by atoms with Crippen LogP contribution in [-0.2, 0) is 0 Å². The van der Waals surface area contributed by atoms with Gasteiger partial charge in [0.15, 0.2) is 0 Å². The van der Waals surface area contributed by atoms with E-state index in [0.717, 1.165) is 44.8 Å². The van der Waals surface area contributed by atoms with Crippen LogP contribution in [0.25, 0.3) is 46.4 Å². The van der Waals surface area contributed by atoms with Gasteiger partial charge in [-0.25, -0.2) is 9.97 Å². The summed E-state index contributed by atoms with van der Waals surface area (Å²) in [5, 5.41) is 6.25. The van der Waals surface area contributed by atoms with Crippen LogP contribution in [0.2, 0.25) is 0 Å². The number of nitrogens with one attached hydrogen (secondary N) is 3. The molecule has 3 N–H and O–H groups in total. The molecule has 26 heavy (non-hydrogen) atoms. The van der Waals surface area contributed by atoms with Gasteiger partial charge < -0.3 is 21.8 Å². The molecule has 0 fully saturated rings. The molecule has 0 saturated carbocycles. The molecule has 0 unspecified atom stereocenters. The molecular formula is C21H15N5. The van der Waals surface area contributed by atoms with Crippen molar-refractivity contribution in [2.45, 2.75) is 0 Å². The number of hydrogen-bond donors (Lipinski definition) is 2. The molecule has 5 heterocycles. The highest BCUT2D eigenvalue weighted by Gasteiger charge is 2.07. The Morgan fingerprint density at radius 1 is 0.654 bits per heavy atom. The normalized spacial score (nSPS) is 11.8. The van der Waals surface area contributed by atoms with Gasteiger partial charge in [-0.1, -0.05) is 0 Å². The molecule has 0 amide bonds. The molecule has 0 saturated heterocycles. The Kier molecular flexibility index (Phi) is 3.92. The molecule has 2 aliphatic heterocycles. The predicted octanol–water partition coefficient (Wildman–Crippen LogP) is 4.17. The third-order valence-corrected chi connectivity index (χ3v) is 4.11. The monoisotopic (exact) mass is 337 g/mol. The number of fused-ring (bicyclic) bond motifs is 8. The lowest BCUT2D eigenvalue weighted by Gasteiger charge is -1.84. The second kappa shape index (κ2) is 6.54. The maximum atomic E-state index is 6.25. The minimum absolute atomic E-state index is 0.947. The van der Waals surface area contributed by atoms with Gasteiger partial charge in [-0.15, -0.1) is 0 Å². The number of aromatic nitrogens is 4. The maximum absolute atomic E-state index is 6.25. The first-order valence-corrected chi connectivity index (χ1v) is 8.12. The SMILES string of the molecule is C1=Cc2cc3ccc(cc4ccc(cc5[nH+]c(cc1n2)C=C5)[nH]4)[nH]3.[C-]#N. The molecule has 0 atom stereocenters. The lowest BCUT2D eigenvalue weighted by atomic mass is 10.3. The molecule has 5 rings (SSSR count). The van der Waals surface area contributed by atoms with Crippen molar-refractivity contribution >= 4 is 46.4 Å². The van der Waals surface area contributed by atoms with Crippen molar-refractivity contribution < 1.29 is 4.98 Å². The van der Waals surface area contributed by atoms with Gasteiger partial charge in [0.25, 0.3) is 0 Å². The second-order valence-corrected chi connectivity index (χ2v) is 5.98. The van der Waals surface area contributed by atoms with Crippen LogP contribution >= 0.6 is 0 Å². The lowest BCUT2D eigenvalue weighted by molar-refractivity contribution is -0.379. The van der Waals surface area contributed by atoms with Crippen molar-refractivity contribution in [1.29, 1.82) is 5.26 Å². The van der Waals surface area contributed by atoms with Crippen LogP contribution in [0.15, 0.2) is 48.5 Å². The van der Waals surface area contributed by atoms with Crippen molar-refractivity contribution in [2.24, 2.45) is 0 Å². The summed E-state index contributed by atoms with van der Waals surface area (Å²) < 4.78 is 0. The minimum atomic E-state index is 0.947. The minimum Gasteiger partial charge on any atom is -0.512 e. The molecule has 5 nitrogen and oxygen atoms in total. The quantitative estimate of drug-likeness (QED) is 0.416. The smallest absolute Gasteiger partial charge is 0.206 e. The van der Waals surface area contributed by atoms with Crippen molar-refractivity contribution in [3.8, 4) is 0 Å². The van der Waals surface area contributed by atoms with Gasteiger partial charge in [0.2, 0.25) is 11.4 Å². The van der Waals surface area contributed by atoms with Gasteiger partial charge in [0.1, 0.15) is 0 Å². The number of nitrogens with zero attached hydrogens (tertiary/aromatic N) is 2. The molecule has 0 aromatic carbocycles. The molecule has 2 aliphatic rings. The zero-order valence-electron chi connectivity index (χ0n) is 13.8. The van der Waals surface area contributed by atoms with Crippen molar-refractivity contribution in [2.75, 3.05) is 0 Å². The molecule has 0 radical (unpaired) electrons. The predicted molar refractivity (Wildman–Crippen MR) is 103 cm³/mol. The summed E-state index contributed by atoms with van der Waals surface area (Å²) in [6, 6.07) is 16.6. The van der Waals surface area contributed by atoms with Gasteiger partial charge >= 0.3 is 0 Å². The van der Waals surface area contributed by atoms with Gasteiger partial charge in [0, 0.05) is 46.4 Å². The topological polar surface area (TPSA) is 82.4 Å². The number of aromatic amines is 3. The largest absolute Gasteiger partial charge is 0.512 e. The third kappa shape index (κ3) is 3.17. The summed E-state index contributed by atoms with van der Waals surface area (Å²) in [5.74, 6) is 0. The van der Waals surface area contributed by atoms with Crippen molar-refractivity contribution in [3.05, 3.63) is 77.9 Å². The first-order chi connectivity index (χ1) is 12.8. The van der Waals surface area contributed by atoms with Crippen molar-refractivity contribution in [1.82, 2.24) is 15.0 Å². The molecule has 3 aromatic heterocycles. The first-order valence-electron chi connectivity index (χ1n) is 8.12. The second-order valence-electron chi connectivity index (χ2n) is 5.98. The number of hydrogen-bond acceptors (Lipinski definition) is 2. The third-order valence-electron chi connectivity index (χ3n) is 4.11. The zero-order chi connectivity index (χ0) is 17.9. The van der Waals surface area contributed by atoms with E-state index in [1.165, 1.54) is 0 Å². The molecule has 3 aromatic rings. The fraction of sp³-hybridized carbons (Fsp3) is 0. The van der Waals surface area contributed by atoms with E-state index in [2.05, 4.69) is 80.6 Å². The highest BCUT2D eigenvalue weighted by Crippen LogP contribution is 2.15. The molecule has 0 spiro atoms. The lowest BCUT2D eigenvalue weighted by Crippen LogP contribution is -2.04. The molecular weight excluding hydrogens is 322 g/mol. The maximum Gasteiger partial charge on any atom is 0.206 e. The fourth-order valence-electron chi connectivity index (χ4n) is 3.00. The zero-order valence-corrected chi connectivity index (χ0v) is 13.8. The summed E-state index contributed by atoms with van der Waals surface area (Å²) >= 11 is 0. The van der Waals surface area contributed by atoms with Gasteiger partial charge in [-0.3, -0.25) is 0 Å². The highest BCUT2D eigenvalue weighted by molar-refractivity contribution is 5.76. The van der Waals surface area contributed by atoms with Gasteiger partial charge in [0.05, 0.1) is 11.4 Å². The van der Waals surface area contributed by atoms with E-state index >= 15 is 0 Å². The highest BCUT2D eigenvalue weighted by atomic mass is 14.8. The summed E-state index contributed by atoms with van der Waals surface area (Å²) in [6.07, 6.45) is 8.19. The van der Waals surface area contributed by atoms with E-state index in [1.807, 2.05) is 12.2 Å². The average Bonchev–Trinajstić information content (AvgIpc) is 3.42. The van der Waals surface area contributed by atoms with E-state index < -0.39 is 0 Å². The summed E-state index contributed by atoms with van der Waals surface area (Å²) in [6.45, 7) is 4.75. The van der Waals surface area contributed by atoms with Crippen LogP contribution in [0.5, 0.6) is 0 Å². The molecule has 0 aliphatic carbocycles. The Hall–Kier alpha value is -3.91. The summed E-state index contributed by atoms with van der Waals surface area (Å²) in [5.41, 5.74) is 8.22. The Labute approximate surface area is 150 Å². The van der Waals surface area contributed by atoms with E-state index in [-0.39, 0.29) is 0 Å². The summed E-state index contributed by atoms with van der Waals surface area (Å²) in [4.78, 5) is 14.8. The van der Waals surface area contributed by atoms with Crippen molar-refractivity contribution in [3.63, 3.8) is 0 Å². The number of rotatable bonds is 0. The van der Waals surface area contributed by atoms with Gasteiger partial charge in [-0.2, -0.15) is 0 Å². The molecule has 8 bridgehead atoms. The van der Waals surface area contributed by atoms with E-state index in [9.17, 15) is 0 Å². The van der Waals surface area contributed by atoms with Gasteiger partial charge in [-0.05, 0) is 48.6 Å². The van der Waals surface area contributed by atoms with E-state index in [4.69, 9.17) is 11.8 Å². The average molecular weight is 337 g/mol. The Bertz CT molecular complexity index is 1120. The van der Waals surface area contributed by atoms with Crippen LogP contribution in [0.3, 0.4) is 0 Å². The standard InChI is InChI=1S/C20H14N4.CN/c1-2-14-10-16-5-6-18(23-16)12-20-8-7-19(24-20)11-17-4-3-15(22-17)9-13(1)21-14;1-2/h1-12,21-22H;/q;-1/p+1. The Balaban J connectivity index is 0.000000814. The fourth-order valence-corrected chi connectivity index (χ4v) is 3.00. The molecule has 124 valence electrons. The van der Waals surface area contributed by atoms with Crippen LogP contribution in [-0.4, -0.2) is 15.0 Å². The van der Waals surface area contributed by atoms with Crippen LogP contribution in [0.4, 0.5) is 0 Å². The Morgan fingerprint density at radius 3 is 1.81 bits per heavy atom. The van der Waals surface area contributed by atoms with Crippen LogP contribution < -0.4 is 4.98 Å². The van der Waals surface area contributed by atoms with Crippen LogP contribution in [0.1, 0.15) is 22.8 Å². The summed E-state index contributed by atoms with van der Waals surface area (Å²) in [7, 11) is 0.